The molecule has 2 N–H and O–H groups in total. The minimum absolute atomic E-state index is 0.0592. The minimum Gasteiger partial charge on any atom is -0.402 e. The summed E-state index contributed by atoms with van der Waals surface area (Å²) in [6.45, 7) is 6.02. The lowest BCUT2D eigenvalue weighted by Crippen LogP contribution is -2.35. The summed E-state index contributed by atoms with van der Waals surface area (Å²) in [4.78, 5) is 4.02. The number of pyridine rings is 1. The van der Waals surface area contributed by atoms with E-state index in [1.54, 1.807) is 12.4 Å². The summed E-state index contributed by atoms with van der Waals surface area (Å²) in [5.41, 5.74) is 6.88. The van der Waals surface area contributed by atoms with Crippen molar-refractivity contribution in [3.63, 3.8) is 0 Å². The van der Waals surface area contributed by atoms with Gasteiger partial charge in [-0.25, -0.2) is 0 Å². The van der Waals surface area contributed by atoms with Crippen LogP contribution in [0.5, 0.6) is 0 Å². The van der Waals surface area contributed by atoms with Crippen LogP contribution >= 0.6 is 0 Å². The Morgan fingerprint density at radius 2 is 2.20 bits per heavy atom. The second kappa shape index (κ2) is 3.50. The quantitative estimate of drug-likeness (QED) is 0.682. The van der Waals surface area contributed by atoms with E-state index in [1.165, 1.54) is 0 Å². The number of nitrogens with zero attached hydrogens (tertiary/aromatic N) is 1. The first kappa shape index (κ1) is 10.5. The zero-order valence-corrected chi connectivity index (χ0v) is 9.23. The number of hydrogen-bond acceptors (Lipinski definition) is 4. The second-order valence-electron chi connectivity index (χ2n) is 4.38. The Bertz CT molecular complexity index is 370. The molecule has 0 aromatic carbocycles. The Kier molecular flexibility index (Phi) is 2.44. The van der Waals surface area contributed by atoms with Gasteiger partial charge in [-0.05, 0) is 26.8 Å². The number of rotatable bonds is 1. The maximum Gasteiger partial charge on any atom is 0.496 e. The molecule has 1 saturated heterocycles. The molecule has 1 aliphatic heterocycles. The average molecular weight is 206 g/mol. The van der Waals surface area contributed by atoms with Crippen molar-refractivity contribution in [3.8, 4) is 0 Å². The molecule has 0 spiro atoms. The van der Waals surface area contributed by atoms with Crippen molar-refractivity contribution >= 4 is 18.3 Å². The molecule has 5 heteroatoms. The Hall–Kier alpha value is -1.07. The number of aromatic nitrogens is 1. The SMILES string of the molecule is CC1OB(c2cncc(N)c2)OC1(C)C. The van der Waals surface area contributed by atoms with Crippen LogP contribution in [-0.4, -0.2) is 23.8 Å². The Labute approximate surface area is 89.9 Å². The standard InChI is InChI=1S/C10H15BN2O2/c1-7-10(2,3)15-11(14-7)8-4-9(12)6-13-5-8/h4-7H,12H2,1-3H3. The number of hydrogen-bond donors (Lipinski definition) is 1. The molecule has 1 aromatic heterocycles. The lowest BCUT2D eigenvalue weighted by atomic mass is 9.80. The molecule has 80 valence electrons. The van der Waals surface area contributed by atoms with Crippen LogP contribution in [0, 0.1) is 0 Å². The van der Waals surface area contributed by atoms with Gasteiger partial charge in [-0.1, -0.05) is 0 Å². The molecule has 1 atom stereocenters. The van der Waals surface area contributed by atoms with Gasteiger partial charge in [-0.2, -0.15) is 0 Å². The van der Waals surface area contributed by atoms with Gasteiger partial charge in [-0.15, -0.1) is 0 Å². The van der Waals surface area contributed by atoms with Crippen molar-refractivity contribution in [2.45, 2.75) is 32.5 Å². The topological polar surface area (TPSA) is 57.4 Å². The lowest BCUT2D eigenvalue weighted by Gasteiger charge is -2.21. The fourth-order valence-corrected chi connectivity index (χ4v) is 1.50. The first-order valence-electron chi connectivity index (χ1n) is 5.03. The molecule has 1 fully saturated rings. The Morgan fingerprint density at radius 3 is 2.73 bits per heavy atom. The van der Waals surface area contributed by atoms with Crippen LogP contribution < -0.4 is 11.2 Å². The van der Waals surface area contributed by atoms with Crippen LogP contribution in [0.25, 0.3) is 0 Å². The van der Waals surface area contributed by atoms with Crippen molar-refractivity contribution < 1.29 is 9.31 Å². The Balaban J connectivity index is 2.21. The van der Waals surface area contributed by atoms with Crippen molar-refractivity contribution in [1.82, 2.24) is 4.98 Å². The largest absolute Gasteiger partial charge is 0.496 e. The smallest absolute Gasteiger partial charge is 0.402 e. The van der Waals surface area contributed by atoms with Crippen LogP contribution in [0.3, 0.4) is 0 Å². The van der Waals surface area contributed by atoms with Gasteiger partial charge in [0.1, 0.15) is 0 Å². The maximum atomic E-state index is 5.78. The molecular formula is C10H15BN2O2. The third-order valence-electron chi connectivity index (χ3n) is 2.77. The van der Waals surface area contributed by atoms with Gasteiger partial charge in [0.25, 0.3) is 0 Å². The fourth-order valence-electron chi connectivity index (χ4n) is 1.50. The highest BCUT2D eigenvalue weighted by atomic mass is 16.7. The van der Waals surface area contributed by atoms with Crippen LogP contribution in [0.15, 0.2) is 18.5 Å². The second-order valence-corrected chi connectivity index (χ2v) is 4.38. The van der Waals surface area contributed by atoms with E-state index in [9.17, 15) is 0 Å². The molecule has 0 bridgehead atoms. The summed E-state index contributed by atoms with van der Waals surface area (Å²) in [5.74, 6) is 0. The summed E-state index contributed by atoms with van der Waals surface area (Å²) >= 11 is 0. The van der Waals surface area contributed by atoms with E-state index in [0.29, 0.717) is 5.69 Å². The predicted octanol–water partition coefficient (Wildman–Crippen LogP) is 0.573. The normalized spacial score (nSPS) is 24.5. The van der Waals surface area contributed by atoms with Gasteiger partial charge in [0, 0.05) is 23.5 Å². The van der Waals surface area contributed by atoms with Gasteiger partial charge in [0.15, 0.2) is 0 Å². The highest BCUT2D eigenvalue weighted by molar-refractivity contribution is 6.62. The van der Waals surface area contributed by atoms with Crippen LogP contribution in [-0.2, 0) is 9.31 Å². The molecule has 2 heterocycles. The van der Waals surface area contributed by atoms with Gasteiger partial charge in [0.05, 0.1) is 11.7 Å². The number of anilines is 1. The van der Waals surface area contributed by atoms with E-state index >= 15 is 0 Å². The van der Waals surface area contributed by atoms with Gasteiger partial charge in [-0.3, -0.25) is 4.98 Å². The zero-order valence-electron chi connectivity index (χ0n) is 9.23. The van der Waals surface area contributed by atoms with E-state index in [2.05, 4.69) is 4.98 Å². The lowest BCUT2D eigenvalue weighted by molar-refractivity contribution is 0.0842. The molecule has 4 nitrogen and oxygen atoms in total. The molecule has 15 heavy (non-hydrogen) atoms. The molecule has 0 radical (unpaired) electrons. The molecular weight excluding hydrogens is 191 g/mol. The van der Waals surface area contributed by atoms with Crippen LogP contribution in [0.1, 0.15) is 20.8 Å². The van der Waals surface area contributed by atoms with Crippen molar-refractivity contribution in [2.75, 3.05) is 5.73 Å². The van der Waals surface area contributed by atoms with Crippen molar-refractivity contribution in [3.05, 3.63) is 18.5 Å². The molecule has 0 amide bonds. The zero-order chi connectivity index (χ0) is 11.1. The van der Waals surface area contributed by atoms with E-state index in [0.717, 1.165) is 5.46 Å². The summed E-state index contributed by atoms with van der Waals surface area (Å²) < 4.78 is 11.5. The molecule has 1 aromatic rings. The minimum atomic E-state index is -0.356. The first-order chi connectivity index (χ1) is 6.99. The first-order valence-corrected chi connectivity index (χ1v) is 5.03. The van der Waals surface area contributed by atoms with Gasteiger partial charge < -0.3 is 15.0 Å². The molecule has 2 rings (SSSR count). The van der Waals surface area contributed by atoms with E-state index < -0.39 is 0 Å². The molecule has 0 aliphatic carbocycles. The van der Waals surface area contributed by atoms with Crippen molar-refractivity contribution in [2.24, 2.45) is 0 Å². The highest BCUT2D eigenvalue weighted by Gasteiger charge is 2.43. The fraction of sp³-hybridized carbons (Fsp3) is 0.500. The monoisotopic (exact) mass is 206 g/mol. The van der Waals surface area contributed by atoms with Gasteiger partial charge >= 0.3 is 7.12 Å². The van der Waals surface area contributed by atoms with Gasteiger partial charge in [0.2, 0.25) is 0 Å². The third kappa shape index (κ3) is 1.98. The highest BCUT2D eigenvalue weighted by Crippen LogP contribution is 2.26. The summed E-state index contributed by atoms with van der Waals surface area (Å²) in [6.07, 6.45) is 3.38. The number of nitrogens with two attached hydrogens (primary N) is 1. The van der Waals surface area contributed by atoms with Crippen LogP contribution in [0.4, 0.5) is 5.69 Å². The molecule has 1 aliphatic rings. The molecule has 1 unspecified atom stereocenters. The number of nitrogen functional groups attached to an aromatic ring is 1. The summed E-state index contributed by atoms with van der Waals surface area (Å²) in [7, 11) is -0.356. The van der Waals surface area contributed by atoms with Crippen molar-refractivity contribution in [1.29, 1.82) is 0 Å². The summed E-state index contributed by atoms with van der Waals surface area (Å²) in [5, 5.41) is 0. The average Bonchev–Trinajstić information content (AvgIpc) is 2.42. The third-order valence-corrected chi connectivity index (χ3v) is 2.77. The predicted molar refractivity (Wildman–Crippen MR) is 59.7 cm³/mol. The summed E-state index contributed by atoms with van der Waals surface area (Å²) in [6, 6.07) is 1.83. The van der Waals surface area contributed by atoms with E-state index in [1.807, 2.05) is 26.8 Å². The maximum absolute atomic E-state index is 5.78. The van der Waals surface area contributed by atoms with E-state index in [4.69, 9.17) is 15.0 Å². The molecule has 0 saturated carbocycles. The van der Waals surface area contributed by atoms with Crippen LogP contribution in [0.2, 0.25) is 0 Å². The Morgan fingerprint density at radius 1 is 1.47 bits per heavy atom. The van der Waals surface area contributed by atoms with E-state index in [-0.39, 0.29) is 18.8 Å².